The average Bonchev–Trinajstić information content (AvgIpc) is 2.71. The van der Waals surface area contributed by atoms with Gasteiger partial charge in [0.25, 0.3) is 0 Å². The van der Waals surface area contributed by atoms with E-state index >= 15 is 0 Å². The molecule has 19 heavy (non-hydrogen) atoms. The highest BCUT2D eigenvalue weighted by Gasteiger charge is 2.14. The summed E-state index contributed by atoms with van der Waals surface area (Å²) in [4.78, 5) is 0. The lowest BCUT2D eigenvalue weighted by atomic mass is 10.1. The number of hydrogen-bond acceptors (Lipinski definition) is 2. The van der Waals surface area contributed by atoms with Crippen LogP contribution >= 0.6 is 0 Å². The first kappa shape index (κ1) is 13.8. The molecule has 0 radical (unpaired) electrons. The second-order valence-corrected chi connectivity index (χ2v) is 4.94. The molecule has 1 atom stereocenters. The third kappa shape index (κ3) is 2.87. The van der Waals surface area contributed by atoms with Crippen LogP contribution in [-0.2, 0) is 13.0 Å². The standard InChI is InChI=1S/C16H23N3/c1-5-15-12(2)18-19(13(15)3)11-16(17-4)14-9-7-6-8-10-14/h6-10,16-17H,5,11H2,1-4H3. The number of nitrogens with zero attached hydrogens (tertiary/aromatic N) is 2. The molecule has 0 amide bonds. The maximum absolute atomic E-state index is 4.67. The minimum atomic E-state index is 0.295. The minimum absolute atomic E-state index is 0.295. The van der Waals surface area contributed by atoms with E-state index in [2.05, 4.69) is 66.2 Å². The number of benzene rings is 1. The normalized spacial score (nSPS) is 12.6. The van der Waals surface area contributed by atoms with Crippen LogP contribution in [0.15, 0.2) is 30.3 Å². The first-order valence-electron chi connectivity index (χ1n) is 6.92. The van der Waals surface area contributed by atoms with Crippen molar-refractivity contribution >= 4 is 0 Å². The van der Waals surface area contributed by atoms with Crippen molar-refractivity contribution in [3.8, 4) is 0 Å². The number of hydrogen-bond donors (Lipinski definition) is 1. The van der Waals surface area contributed by atoms with Gasteiger partial charge in [-0.25, -0.2) is 0 Å². The van der Waals surface area contributed by atoms with E-state index in [9.17, 15) is 0 Å². The predicted octanol–water partition coefficient (Wildman–Crippen LogP) is 3.02. The van der Waals surface area contributed by atoms with Crippen molar-refractivity contribution in [1.29, 1.82) is 0 Å². The molecule has 0 aliphatic carbocycles. The zero-order chi connectivity index (χ0) is 13.8. The zero-order valence-electron chi connectivity index (χ0n) is 12.3. The second kappa shape index (κ2) is 6.02. The van der Waals surface area contributed by atoms with E-state index in [-0.39, 0.29) is 0 Å². The SMILES string of the molecule is CCc1c(C)nn(CC(NC)c2ccccc2)c1C. The Labute approximate surface area is 115 Å². The Morgan fingerprint density at radius 2 is 1.89 bits per heavy atom. The van der Waals surface area contributed by atoms with Gasteiger partial charge in [0.15, 0.2) is 0 Å². The smallest absolute Gasteiger partial charge is 0.0628 e. The summed E-state index contributed by atoms with van der Waals surface area (Å²) in [6.07, 6.45) is 1.05. The van der Waals surface area contributed by atoms with Crippen molar-refractivity contribution in [2.24, 2.45) is 0 Å². The molecule has 1 aromatic carbocycles. The molecule has 1 unspecified atom stereocenters. The molecule has 102 valence electrons. The molecule has 0 saturated heterocycles. The predicted molar refractivity (Wildman–Crippen MR) is 79.3 cm³/mol. The molecule has 1 N–H and O–H groups in total. The number of rotatable bonds is 5. The fourth-order valence-corrected chi connectivity index (χ4v) is 2.65. The van der Waals surface area contributed by atoms with Crippen molar-refractivity contribution in [2.45, 2.75) is 39.8 Å². The average molecular weight is 257 g/mol. The fraction of sp³-hybridized carbons (Fsp3) is 0.438. The van der Waals surface area contributed by atoms with Gasteiger partial charge in [-0.05, 0) is 38.4 Å². The first-order chi connectivity index (χ1) is 9.17. The Bertz CT molecular complexity index is 528. The highest BCUT2D eigenvalue weighted by atomic mass is 15.3. The Morgan fingerprint density at radius 1 is 1.21 bits per heavy atom. The lowest BCUT2D eigenvalue weighted by Gasteiger charge is -2.17. The van der Waals surface area contributed by atoms with E-state index in [4.69, 9.17) is 0 Å². The topological polar surface area (TPSA) is 29.9 Å². The van der Waals surface area contributed by atoms with Crippen LogP contribution in [0.2, 0.25) is 0 Å². The van der Waals surface area contributed by atoms with E-state index in [0.717, 1.165) is 18.7 Å². The van der Waals surface area contributed by atoms with E-state index in [1.807, 2.05) is 7.05 Å². The molecule has 0 spiro atoms. The van der Waals surface area contributed by atoms with Gasteiger partial charge in [-0.15, -0.1) is 0 Å². The van der Waals surface area contributed by atoms with Gasteiger partial charge in [0.05, 0.1) is 18.3 Å². The summed E-state index contributed by atoms with van der Waals surface area (Å²) in [6, 6.07) is 10.8. The molecule has 3 nitrogen and oxygen atoms in total. The third-order valence-electron chi connectivity index (χ3n) is 3.79. The van der Waals surface area contributed by atoms with Crippen LogP contribution in [0.4, 0.5) is 0 Å². The van der Waals surface area contributed by atoms with Gasteiger partial charge in [-0.1, -0.05) is 37.3 Å². The van der Waals surface area contributed by atoms with Crippen molar-refractivity contribution in [3.63, 3.8) is 0 Å². The summed E-state index contributed by atoms with van der Waals surface area (Å²) in [5.41, 5.74) is 5.12. The maximum atomic E-state index is 4.67. The van der Waals surface area contributed by atoms with Gasteiger partial charge in [0.1, 0.15) is 0 Å². The van der Waals surface area contributed by atoms with Gasteiger partial charge in [-0.3, -0.25) is 4.68 Å². The number of aromatic nitrogens is 2. The van der Waals surface area contributed by atoms with Crippen LogP contribution in [-0.4, -0.2) is 16.8 Å². The Balaban J connectivity index is 2.24. The lowest BCUT2D eigenvalue weighted by molar-refractivity contribution is 0.459. The molecule has 0 saturated carbocycles. The monoisotopic (exact) mass is 257 g/mol. The van der Waals surface area contributed by atoms with Gasteiger partial charge in [0, 0.05) is 5.69 Å². The lowest BCUT2D eigenvalue weighted by Crippen LogP contribution is -2.23. The summed E-state index contributed by atoms with van der Waals surface area (Å²) in [5, 5.41) is 8.05. The first-order valence-corrected chi connectivity index (χ1v) is 6.92. The van der Waals surface area contributed by atoms with Crippen LogP contribution in [0, 0.1) is 13.8 Å². The Kier molecular flexibility index (Phi) is 4.38. The summed E-state index contributed by atoms with van der Waals surface area (Å²) in [5.74, 6) is 0. The van der Waals surface area contributed by atoms with E-state index < -0.39 is 0 Å². The Hall–Kier alpha value is -1.61. The summed E-state index contributed by atoms with van der Waals surface area (Å²) >= 11 is 0. The summed E-state index contributed by atoms with van der Waals surface area (Å²) in [6.45, 7) is 7.32. The van der Waals surface area contributed by atoms with Crippen LogP contribution in [0.5, 0.6) is 0 Å². The maximum Gasteiger partial charge on any atom is 0.0628 e. The fourth-order valence-electron chi connectivity index (χ4n) is 2.65. The van der Waals surface area contributed by atoms with E-state index in [1.165, 1.54) is 16.8 Å². The van der Waals surface area contributed by atoms with Gasteiger partial charge in [0.2, 0.25) is 0 Å². The highest BCUT2D eigenvalue weighted by molar-refractivity contribution is 5.25. The Morgan fingerprint density at radius 3 is 2.42 bits per heavy atom. The van der Waals surface area contributed by atoms with Gasteiger partial charge < -0.3 is 5.32 Å². The molecular formula is C16H23N3. The minimum Gasteiger partial charge on any atom is -0.311 e. The number of aryl methyl sites for hydroxylation is 1. The van der Waals surface area contributed by atoms with Crippen molar-refractivity contribution in [1.82, 2.24) is 15.1 Å². The molecule has 2 rings (SSSR count). The molecule has 0 fully saturated rings. The third-order valence-corrected chi connectivity index (χ3v) is 3.79. The zero-order valence-corrected chi connectivity index (χ0v) is 12.3. The van der Waals surface area contributed by atoms with Crippen LogP contribution in [0.3, 0.4) is 0 Å². The van der Waals surface area contributed by atoms with Crippen molar-refractivity contribution < 1.29 is 0 Å². The second-order valence-electron chi connectivity index (χ2n) is 4.94. The number of likely N-dealkylation sites (N-methyl/N-ethyl adjacent to an activating group) is 1. The summed E-state index contributed by atoms with van der Waals surface area (Å²) < 4.78 is 2.13. The van der Waals surface area contributed by atoms with Crippen LogP contribution in [0.25, 0.3) is 0 Å². The molecule has 0 bridgehead atoms. The number of nitrogens with one attached hydrogen (secondary N) is 1. The van der Waals surface area contributed by atoms with Crippen LogP contribution in [0.1, 0.15) is 35.5 Å². The van der Waals surface area contributed by atoms with Crippen molar-refractivity contribution in [3.05, 3.63) is 52.8 Å². The molecule has 0 aliphatic heterocycles. The molecule has 1 heterocycles. The van der Waals surface area contributed by atoms with Gasteiger partial charge >= 0.3 is 0 Å². The highest BCUT2D eigenvalue weighted by Crippen LogP contribution is 2.18. The largest absolute Gasteiger partial charge is 0.311 e. The van der Waals surface area contributed by atoms with Crippen molar-refractivity contribution in [2.75, 3.05) is 7.05 Å². The van der Waals surface area contributed by atoms with E-state index in [0.29, 0.717) is 6.04 Å². The molecule has 3 heteroatoms. The van der Waals surface area contributed by atoms with Crippen LogP contribution < -0.4 is 5.32 Å². The molecule has 0 aliphatic rings. The molecule has 2 aromatic rings. The molecular weight excluding hydrogens is 234 g/mol. The summed E-state index contributed by atoms with van der Waals surface area (Å²) in [7, 11) is 2.00. The quantitative estimate of drug-likeness (QED) is 0.892. The van der Waals surface area contributed by atoms with E-state index in [1.54, 1.807) is 0 Å². The van der Waals surface area contributed by atoms with Gasteiger partial charge in [-0.2, -0.15) is 5.10 Å². The molecule has 1 aromatic heterocycles.